The summed E-state index contributed by atoms with van der Waals surface area (Å²) in [6.07, 6.45) is 0.610. The molecule has 0 aliphatic carbocycles. The van der Waals surface area contributed by atoms with Crippen molar-refractivity contribution in [1.82, 2.24) is 4.98 Å². The molecule has 0 radical (unpaired) electrons. The second kappa shape index (κ2) is 11.1. The average Bonchev–Trinajstić information content (AvgIpc) is 3.32. The maximum atomic E-state index is 13.9. The number of thioether (sulfide) groups is 1. The highest BCUT2D eigenvalue weighted by Crippen LogP contribution is 2.30. The van der Waals surface area contributed by atoms with Crippen LogP contribution in [0.1, 0.15) is 23.7 Å². The summed E-state index contributed by atoms with van der Waals surface area (Å²) in [5.41, 5.74) is 2.32. The monoisotopic (exact) mass is 491 g/mol. The Morgan fingerprint density at radius 1 is 1.00 bits per heavy atom. The van der Waals surface area contributed by atoms with Gasteiger partial charge in [-0.1, -0.05) is 55.5 Å². The Bertz CT molecular complexity index is 1290. The molecular formula is C26H22FN3O2S2. The Balaban J connectivity index is 1.40. The number of halogens is 1. The van der Waals surface area contributed by atoms with Crippen molar-refractivity contribution in [1.29, 1.82) is 0 Å². The fraction of sp³-hybridized carbons (Fsp3) is 0.115. The molecule has 0 aliphatic heterocycles. The van der Waals surface area contributed by atoms with Gasteiger partial charge in [0.2, 0.25) is 5.91 Å². The second-order valence-electron chi connectivity index (χ2n) is 7.37. The number of carbonyl (C=O) groups is 2. The molecule has 4 aromatic rings. The predicted molar refractivity (Wildman–Crippen MR) is 137 cm³/mol. The smallest absolute Gasteiger partial charge is 0.258 e. The summed E-state index contributed by atoms with van der Waals surface area (Å²) in [4.78, 5) is 30.7. The zero-order valence-corrected chi connectivity index (χ0v) is 20.0. The van der Waals surface area contributed by atoms with Gasteiger partial charge in [0, 0.05) is 21.5 Å². The van der Waals surface area contributed by atoms with E-state index in [4.69, 9.17) is 0 Å². The molecule has 172 valence electrons. The molecular weight excluding hydrogens is 469 g/mol. The molecule has 3 aromatic carbocycles. The highest BCUT2D eigenvalue weighted by Gasteiger charge is 2.20. The lowest BCUT2D eigenvalue weighted by atomic mass is 10.2. The molecule has 1 unspecified atom stereocenters. The first kappa shape index (κ1) is 23.7. The molecule has 4 rings (SSSR count). The van der Waals surface area contributed by atoms with Gasteiger partial charge in [-0.05, 0) is 36.8 Å². The summed E-state index contributed by atoms with van der Waals surface area (Å²) < 4.78 is 13.9. The number of nitrogens with one attached hydrogen (secondary N) is 2. The molecule has 0 saturated carbocycles. The lowest BCUT2D eigenvalue weighted by Crippen LogP contribution is -2.24. The molecule has 0 spiro atoms. The van der Waals surface area contributed by atoms with Crippen molar-refractivity contribution in [3.8, 4) is 11.3 Å². The van der Waals surface area contributed by atoms with Crippen LogP contribution in [0.4, 0.5) is 15.2 Å². The van der Waals surface area contributed by atoms with Crippen molar-refractivity contribution in [2.75, 3.05) is 10.6 Å². The van der Waals surface area contributed by atoms with Gasteiger partial charge >= 0.3 is 0 Å². The molecule has 34 heavy (non-hydrogen) atoms. The summed E-state index contributed by atoms with van der Waals surface area (Å²) in [5.74, 6) is -1.24. The van der Waals surface area contributed by atoms with Crippen molar-refractivity contribution < 1.29 is 14.0 Å². The van der Waals surface area contributed by atoms with Crippen LogP contribution in [0.3, 0.4) is 0 Å². The topological polar surface area (TPSA) is 71.1 Å². The number of thiazole rings is 1. The summed E-state index contributed by atoms with van der Waals surface area (Å²) in [6, 6.07) is 22.8. The van der Waals surface area contributed by atoms with Crippen molar-refractivity contribution in [2.45, 2.75) is 23.5 Å². The highest BCUT2D eigenvalue weighted by atomic mass is 32.2. The number of hydrogen-bond donors (Lipinski definition) is 2. The van der Waals surface area contributed by atoms with Crippen LogP contribution >= 0.6 is 23.1 Å². The highest BCUT2D eigenvalue weighted by molar-refractivity contribution is 8.00. The maximum Gasteiger partial charge on any atom is 0.258 e. The van der Waals surface area contributed by atoms with Crippen LogP contribution in [-0.4, -0.2) is 22.0 Å². The van der Waals surface area contributed by atoms with E-state index in [1.165, 1.54) is 41.3 Å². The number of amides is 2. The number of anilines is 2. The standard InChI is InChI=1S/C26H22FN3O2S2/c1-2-23(25(32)30-26-29-22(16-33-26)17-9-4-3-5-10-17)34-19-12-8-11-18(15-19)28-24(31)20-13-6-7-14-21(20)27/h3-16,23H,2H2,1H3,(H,28,31)(H,29,30,32). The Labute approximate surface area is 205 Å². The fourth-order valence-electron chi connectivity index (χ4n) is 3.24. The average molecular weight is 492 g/mol. The van der Waals surface area contributed by atoms with Crippen LogP contribution in [0.2, 0.25) is 0 Å². The van der Waals surface area contributed by atoms with Crippen LogP contribution in [0.15, 0.2) is 89.1 Å². The van der Waals surface area contributed by atoms with E-state index in [1.807, 2.05) is 48.7 Å². The first-order chi connectivity index (χ1) is 16.5. The first-order valence-electron chi connectivity index (χ1n) is 10.7. The zero-order valence-electron chi connectivity index (χ0n) is 18.3. The minimum atomic E-state index is -0.578. The normalized spacial score (nSPS) is 11.6. The van der Waals surface area contributed by atoms with Crippen molar-refractivity contribution in [2.24, 2.45) is 0 Å². The van der Waals surface area contributed by atoms with E-state index in [-0.39, 0.29) is 16.7 Å². The minimum Gasteiger partial charge on any atom is -0.322 e. The van der Waals surface area contributed by atoms with Gasteiger partial charge in [-0.3, -0.25) is 9.59 Å². The van der Waals surface area contributed by atoms with E-state index in [2.05, 4.69) is 15.6 Å². The van der Waals surface area contributed by atoms with Crippen LogP contribution < -0.4 is 10.6 Å². The Hall–Kier alpha value is -3.49. The van der Waals surface area contributed by atoms with Gasteiger partial charge in [0.05, 0.1) is 16.5 Å². The summed E-state index contributed by atoms with van der Waals surface area (Å²) in [7, 11) is 0. The van der Waals surface area contributed by atoms with E-state index >= 15 is 0 Å². The zero-order chi connectivity index (χ0) is 23.9. The summed E-state index contributed by atoms with van der Waals surface area (Å²) in [6.45, 7) is 1.94. The molecule has 2 amide bonds. The van der Waals surface area contributed by atoms with Gasteiger partial charge in [-0.15, -0.1) is 23.1 Å². The number of carbonyl (C=O) groups excluding carboxylic acids is 2. The Morgan fingerprint density at radius 3 is 2.53 bits per heavy atom. The Kier molecular flexibility index (Phi) is 7.72. The lowest BCUT2D eigenvalue weighted by molar-refractivity contribution is -0.115. The van der Waals surface area contributed by atoms with Crippen LogP contribution in [-0.2, 0) is 4.79 Å². The van der Waals surface area contributed by atoms with Crippen molar-refractivity contribution in [3.05, 3.63) is 95.6 Å². The number of rotatable bonds is 8. The molecule has 5 nitrogen and oxygen atoms in total. The van der Waals surface area contributed by atoms with Crippen LogP contribution in [0, 0.1) is 5.82 Å². The number of hydrogen-bond acceptors (Lipinski definition) is 5. The number of nitrogens with zero attached hydrogens (tertiary/aromatic N) is 1. The fourth-order valence-corrected chi connectivity index (χ4v) is 4.97. The van der Waals surface area contributed by atoms with Gasteiger partial charge in [0.15, 0.2) is 5.13 Å². The van der Waals surface area contributed by atoms with E-state index in [1.54, 1.807) is 24.3 Å². The van der Waals surface area contributed by atoms with E-state index in [0.717, 1.165) is 16.2 Å². The third-order valence-electron chi connectivity index (χ3n) is 4.96. The van der Waals surface area contributed by atoms with Gasteiger partial charge in [-0.25, -0.2) is 9.37 Å². The number of aromatic nitrogens is 1. The second-order valence-corrected chi connectivity index (χ2v) is 9.50. The summed E-state index contributed by atoms with van der Waals surface area (Å²) in [5, 5.41) is 7.75. The van der Waals surface area contributed by atoms with E-state index in [9.17, 15) is 14.0 Å². The minimum absolute atomic E-state index is 0.0234. The van der Waals surface area contributed by atoms with Crippen LogP contribution in [0.5, 0.6) is 0 Å². The van der Waals surface area contributed by atoms with Gasteiger partial charge in [0.1, 0.15) is 5.82 Å². The lowest BCUT2D eigenvalue weighted by Gasteiger charge is -2.14. The predicted octanol–water partition coefficient (Wildman–Crippen LogP) is 6.71. The molecule has 1 heterocycles. The van der Waals surface area contributed by atoms with E-state index in [0.29, 0.717) is 17.2 Å². The van der Waals surface area contributed by atoms with Gasteiger partial charge in [0.25, 0.3) is 5.91 Å². The molecule has 0 bridgehead atoms. The van der Waals surface area contributed by atoms with E-state index < -0.39 is 11.7 Å². The Morgan fingerprint density at radius 2 is 1.76 bits per heavy atom. The number of benzene rings is 3. The first-order valence-corrected chi connectivity index (χ1v) is 12.4. The molecule has 0 fully saturated rings. The molecule has 8 heteroatoms. The molecule has 0 aliphatic rings. The summed E-state index contributed by atoms with van der Waals surface area (Å²) >= 11 is 2.78. The quantitative estimate of drug-likeness (QED) is 0.269. The molecule has 1 atom stereocenters. The largest absolute Gasteiger partial charge is 0.322 e. The third-order valence-corrected chi connectivity index (χ3v) is 7.07. The molecule has 2 N–H and O–H groups in total. The molecule has 0 saturated heterocycles. The van der Waals surface area contributed by atoms with Crippen LogP contribution in [0.25, 0.3) is 11.3 Å². The van der Waals surface area contributed by atoms with Crippen molar-refractivity contribution >= 4 is 45.7 Å². The van der Waals surface area contributed by atoms with Gasteiger partial charge < -0.3 is 10.6 Å². The maximum absolute atomic E-state index is 13.9. The SMILES string of the molecule is CCC(Sc1cccc(NC(=O)c2ccccc2F)c1)C(=O)Nc1nc(-c2ccccc2)cs1. The van der Waals surface area contributed by atoms with Crippen molar-refractivity contribution in [3.63, 3.8) is 0 Å². The third kappa shape index (κ3) is 5.89. The molecule has 1 aromatic heterocycles. The van der Waals surface area contributed by atoms with Gasteiger partial charge in [-0.2, -0.15) is 0 Å².